The lowest BCUT2D eigenvalue weighted by Gasteiger charge is -2.20. The maximum Gasteiger partial charge on any atom is 0.330 e. The Bertz CT molecular complexity index is 514. The van der Waals surface area contributed by atoms with Gasteiger partial charge in [-0.05, 0) is 30.7 Å². The molecule has 0 radical (unpaired) electrons. The fourth-order valence-corrected chi connectivity index (χ4v) is 2.39. The van der Waals surface area contributed by atoms with Gasteiger partial charge in [-0.25, -0.2) is 9.59 Å². The number of carboxylic acids is 1. The summed E-state index contributed by atoms with van der Waals surface area (Å²) in [6.07, 6.45) is 7.32. The second kappa shape index (κ2) is 7.47. The van der Waals surface area contributed by atoms with Crippen molar-refractivity contribution in [3.05, 3.63) is 48.0 Å². The molecule has 0 spiro atoms. The highest BCUT2D eigenvalue weighted by Crippen LogP contribution is 2.17. The van der Waals surface area contributed by atoms with Crippen LogP contribution in [0.15, 0.2) is 42.5 Å². The predicted octanol–water partition coefficient (Wildman–Crippen LogP) is 2.47. The molecule has 2 rings (SSSR count). The maximum atomic E-state index is 11.9. The molecule has 21 heavy (non-hydrogen) atoms. The van der Waals surface area contributed by atoms with Gasteiger partial charge in [-0.15, -0.1) is 0 Å². The van der Waals surface area contributed by atoms with Crippen LogP contribution in [0.3, 0.4) is 0 Å². The standard InChI is InChI=1S/C16H20N2O3/c19-15(20)14(13-9-5-2-6-10-13)18-16(21)17-11-12-7-3-1-4-8-12/h1-3,5-6,9-10,12,14H,4,7-8,11H2,(H,19,20)(H2,17,18,21). The van der Waals surface area contributed by atoms with Crippen LogP contribution in [0.2, 0.25) is 0 Å². The van der Waals surface area contributed by atoms with Gasteiger partial charge in [0.05, 0.1) is 0 Å². The molecule has 2 atom stereocenters. The van der Waals surface area contributed by atoms with Crippen LogP contribution in [-0.2, 0) is 4.79 Å². The van der Waals surface area contributed by atoms with E-state index in [2.05, 4.69) is 22.8 Å². The fraction of sp³-hybridized carbons (Fsp3) is 0.375. The summed E-state index contributed by atoms with van der Waals surface area (Å²) in [5.74, 6) is -0.641. The molecule has 1 aliphatic rings. The van der Waals surface area contributed by atoms with Crippen molar-refractivity contribution >= 4 is 12.0 Å². The molecule has 2 unspecified atom stereocenters. The molecule has 5 nitrogen and oxygen atoms in total. The second-order valence-electron chi connectivity index (χ2n) is 5.19. The van der Waals surface area contributed by atoms with Crippen molar-refractivity contribution in [3.63, 3.8) is 0 Å². The highest BCUT2D eigenvalue weighted by molar-refractivity contribution is 5.83. The molecule has 5 heteroatoms. The van der Waals surface area contributed by atoms with Crippen LogP contribution in [-0.4, -0.2) is 23.7 Å². The molecule has 3 N–H and O–H groups in total. The van der Waals surface area contributed by atoms with E-state index in [1.807, 2.05) is 0 Å². The summed E-state index contributed by atoms with van der Waals surface area (Å²) >= 11 is 0. The van der Waals surface area contributed by atoms with Crippen LogP contribution >= 0.6 is 0 Å². The summed E-state index contributed by atoms with van der Waals surface area (Å²) in [6, 6.07) is 7.20. The van der Waals surface area contributed by atoms with E-state index >= 15 is 0 Å². The van der Waals surface area contributed by atoms with Gasteiger partial charge in [0.25, 0.3) is 0 Å². The van der Waals surface area contributed by atoms with E-state index in [0.717, 1.165) is 19.3 Å². The van der Waals surface area contributed by atoms with Gasteiger partial charge < -0.3 is 15.7 Å². The van der Waals surface area contributed by atoms with Crippen molar-refractivity contribution in [2.24, 2.45) is 5.92 Å². The number of hydrogen-bond acceptors (Lipinski definition) is 2. The van der Waals surface area contributed by atoms with Crippen molar-refractivity contribution in [1.29, 1.82) is 0 Å². The van der Waals surface area contributed by atoms with Gasteiger partial charge in [0.1, 0.15) is 0 Å². The monoisotopic (exact) mass is 288 g/mol. The number of amides is 2. The summed E-state index contributed by atoms with van der Waals surface area (Å²) in [6.45, 7) is 0.567. The largest absolute Gasteiger partial charge is 0.479 e. The summed E-state index contributed by atoms with van der Waals surface area (Å²) in [5, 5.41) is 14.5. The maximum absolute atomic E-state index is 11.9. The summed E-state index contributed by atoms with van der Waals surface area (Å²) in [5.41, 5.74) is 0.556. The zero-order valence-electron chi connectivity index (χ0n) is 11.8. The minimum absolute atomic E-state index is 0.431. The van der Waals surface area contributed by atoms with Crippen LogP contribution in [0.1, 0.15) is 30.9 Å². The Morgan fingerprint density at radius 2 is 2.00 bits per heavy atom. The molecule has 0 aromatic heterocycles. The van der Waals surface area contributed by atoms with Gasteiger partial charge in [0.15, 0.2) is 6.04 Å². The van der Waals surface area contributed by atoms with Crippen molar-refractivity contribution in [2.45, 2.75) is 25.3 Å². The number of benzene rings is 1. The average Bonchev–Trinajstić information content (AvgIpc) is 2.52. The number of nitrogens with one attached hydrogen (secondary N) is 2. The summed E-state index contributed by atoms with van der Waals surface area (Å²) in [7, 11) is 0. The Hall–Kier alpha value is -2.30. The minimum atomic E-state index is -1.07. The predicted molar refractivity (Wildman–Crippen MR) is 79.8 cm³/mol. The number of aliphatic carboxylic acids is 1. The Labute approximate surface area is 124 Å². The van der Waals surface area contributed by atoms with Crippen molar-refractivity contribution in [1.82, 2.24) is 10.6 Å². The topological polar surface area (TPSA) is 78.4 Å². The molecule has 0 saturated carbocycles. The van der Waals surface area contributed by atoms with Crippen LogP contribution in [0, 0.1) is 5.92 Å². The molecule has 1 aliphatic carbocycles. The number of carbonyl (C=O) groups is 2. The highest BCUT2D eigenvalue weighted by atomic mass is 16.4. The van der Waals surface area contributed by atoms with E-state index in [-0.39, 0.29) is 0 Å². The Kier molecular flexibility index (Phi) is 5.37. The third kappa shape index (κ3) is 4.63. The molecule has 0 saturated heterocycles. The molecule has 0 fully saturated rings. The third-order valence-electron chi connectivity index (χ3n) is 3.58. The first-order valence-corrected chi connectivity index (χ1v) is 7.14. The minimum Gasteiger partial charge on any atom is -0.479 e. The lowest BCUT2D eigenvalue weighted by Crippen LogP contribution is -2.42. The summed E-state index contributed by atoms with van der Waals surface area (Å²) in [4.78, 5) is 23.2. The Balaban J connectivity index is 1.87. The quantitative estimate of drug-likeness (QED) is 0.728. The first-order chi connectivity index (χ1) is 10.2. The van der Waals surface area contributed by atoms with Crippen molar-refractivity contribution < 1.29 is 14.7 Å². The molecule has 112 valence electrons. The third-order valence-corrected chi connectivity index (χ3v) is 3.58. The number of carboxylic acid groups (broad SMARTS) is 1. The van der Waals surface area contributed by atoms with Crippen LogP contribution in [0.4, 0.5) is 4.79 Å². The number of rotatable bonds is 5. The first-order valence-electron chi connectivity index (χ1n) is 7.14. The molecule has 1 aromatic rings. The fourth-order valence-electron chi connectivity index (χ4n) is 2.39. The number of allylic oxidation sites excluding steroid dienone is 2. The van der Waals surface area contributed by atoms with Gasteiger partial charge >= 0.3 is 12.0 Å². The van der Waals surface area contributed by atoms with Gasteiger partial charge in [-0.1, -0.05) is 42.5 Å². The lowest BCUT2D eigenvalue weighted by molar-refractivity contribution is -0.139. The SMILES string of the molecule is O=C(NCC1CC=CCC1)NC(C(=O)O)c1ccccc1. The zero-order valence-corrected chi connectivity index (χ0v) is 11.8. The molecular weight excluding hydrogens is 268 g/mol. The molecule has 2 amide bonds. The Morgan fingerprint density at radius 3 is 2.62 bits per heavy atom. The molecular formula is C16H20N2O3. The van der Waals surface area contributed by atoms with Gasteiger partial charge in [-0.3, -0.25) is 0 Å². The molecule has 0 heterocycles. The average molecular weight is 288 g/mol. The van der Waals surface area contributed by atoms with Crippen LogP contribution in [0.25, 0.3) is 0 Å². The number of hydrogen-bond donors (Lipinski definition) is 3. The number of carbonyl (C=O) groups excluding carboxylic acids is 1. The van der Waals surface area contributed by atoms with Gasteiger partial charge in [-0.2, -0.15) is 0 Å². The second-order valence-corrected chi connectivity index (χ2v) is 5.19. The van der Waals surface area contributed by atoms with E-state index in [0.29, 0.717) is 18.0 Å². The lowest BCUT2D eigenvalue weighted by atomic mass is 9.94. The normalized spacial score (nSPS) is 18.8. The van der Waals surface area contributed by atoms with Crippen LogP contribution < -0.4 is 10.6 Å². The smallest absolute Gasteiger partial charge is 0.330 e. The molecule has 1 aromatic carbocycles. The van der Waals surface area contributed by atoms with E-state index in [4.69, 9.17) is 0 Å². The van der Waals surface area contributed by atoms with E-state index in [1.165, 1.54) is 0 Å². The molecule has 0 aliphatic heterocycles. The van der Waals surface area contributed by atoms with Crippen LogP contribution in [0.5, 0.6) is 0 Å². The van der Waals surface area contributed by atoms with Crippen molar-refractivity contribution in [3.8, 4) is 0 Å². The van der Waals surface area contributed by atoms with E-state index < -0.39 is 18.0 Å². The summed E-state index contributed by atoms with van der Waals surface area (Å²) < 4.78 is 0. The Morgan fingerprint density at radius 1 is 1.24 bits per heavy atom. The highest BCUT2D eigenvalue weighted by Gasteiger charge is 2.22. The molecule has 0 bridgehead atoms. The van der Waals surface area contributed by atoms with Gasteiger partial charge in [0.2, 0.25) is 0 Å². The van der Waals surface area contributed by atoms with Gasteiger partial charge in [0, 0.05) is 6.54 Å². The zero-order chi connectivity index (χ0) is 15.1. The number of urea groups is 1. The van der Waals surface area contributed by atoms with E-state index in [1.54, 1.807) is 30.3 Å². The first kappa shape index (κ1) is 15.1. The van der Waals surface area contributed by atoms with Crippen molar-refractivity contribution in [2.75, 3.05) is 6.54 Å². The van der Waals surface area contributed by atoms with E-state index in [9.17, 15) is 14.7 Å².